The van der Waals surface area contributed by atoms with Crippen LogP contribution in [0.5, 0.6) is 0 Å². The molecule has 4 aromatic rings. The average Bonchev–Trinajstić information content (AvgIpc) is 3.29. The fraction of sp³-hybridized carbons (Fsp3) is 0.192. The molecule has 3 aromatic carbocycles. The summed E-state index contributed by atoms with van der Waals surface area (Å²) in [7, 11) is 0. The smallest absolute Gasteiger partial charge is 0.248 e. The molecular formula is C26H24ClN3O2S. The van der Waals surface area contributed by atoms with Crippen LogP contribution in [0.3, 0.4) is 0 Å². The molecule has 0 aliphatic rings. The average molecular weight is 478 g/mol. The summed E-state index contributed by atoms with van der Waals surface area (Å²) in [5.74, 6) is 1.13. The molecule has 33 heavy (non-hydrogen) atoms. The third-order valence-corrected chi connectivity index (χ3v) is 6.29. The van der Waals surface area contributed by atoms with Gasteiger partial charge in [-0.2, -0.15) is 0 Å². The Morgan fingerprint density at radius 2 is 1.42 bits per heavy atom. The number of anilines is 1. The van der Waals surface area contributed by atoms with Crippen LogP contribution < -0.4 is 5.32 Å². The highest BCUT2D eigenvalue weighted by Crippen LogP contribution is 2.28. The summed E-state index contributed by atoms with van der Waals surface area (Å²) in [6.07, 6.45) is 0. The highest BCUT2D eigenvalue weighted by Gasteiger charge is 2.15. The van der Waals surface area contributed by atoms with Crippen LogP contribution in [0.4, 0.5) is 5.69 Å². The van der Waals surface area contributed by atoms with Crippen LogP contribution in [0.1, 0.15) is 26.3 Å². The fourth-order valence-electron chi connectivity index (χ4n) is 3.14. The maximum Gasteiger partial charge on any atom is 0.248 e. The number of thioether (sulfide) groups is 1. The number of rotatable bonds is 6. The first-order chi connectivity index (χ1) is 15.8. The van der Waals surface area contributed by atoms with E-state index in [9.17, 15) is 4.79 Å². The van der Waals surface area contributed by atoms with Gasteiger partial charge in [-0.15, -0.1) is 22.0 Å². The van der Waals surface area contributed by atoms with E-state index >= 15 is 0 Å². The Morgan fingerprint density at radius 3 is 1.97 bits per heavy atom. The highest BCUT2D eigenvalue weighted by atomic mass is 35.5. The first kappa shape index (κ1) is 23.1. The van der Waals surface area contributed by atoms with Crippen LogP contribution in [0.25, 0.3) is 22.9 Å². The van der Waals surface area contributed by atoms with E-state index in [1.807, 2.05) is 60.7 Å². The summed E-state index contributed by atoms with van der Waals surface area (Å²) in [4.78, 5) is 13.2. The minimum atomic E-state index is -0.0820. The molecule has 0 saturated carbocycles. The van der Waals surface area contributed by atoms with Gasteiger partial charge >= 0.3 is 0 Å². The van der Waals surface area contributed by atoms with Crippen molar-refractivity contribution in [1.82, 2.24) is 10.2 Å². The molecule has 0 bridgehead atoms. The number of benzene rings is 3. The Hall–Kier alpha value is -3.09. The number of halogens is 1. The van der Waals surface area contributed by atoms with Crippen molar-refractivity contribution >= 4 is 35.0 Å². The van der Waals surface area contributed by atoms with Crippen LogP contribution in [-0.2, 0) is 10.2 Å². The molecule has 4 rings (SSSR count). The number of hydrogen-bond acceptors (Lipinski definition) is 5. The van der Waals surface area contributed by atoms with Gasteiger partial charge < -0.3 is 9.73 Å². The van der Waals surface area contributed by atoms with Crippen LogP contribution in [-0.4, -0.2) is 21.9 Å². The second kappa shape index (κ2) is 9.81. The normalized spacial score (nSPS) is 11.4. The largest absolute Gasteiger partial charge is 0.416 e. The summed E-state index contributed by atoms with van der Waals surface area (Å²) in [6, 6.07) is 22.9. The summed E-state index contributed by atoms with van der Waals surface area (Å²) in [6.45, 7) is 6.53. The zero-order valence-corrected chi connectivity index (χ0v) is 20.2. The van der Waals surface area contributed by atoms with Crippen molar-refractivity contribution < 1.29 is 9.21 Å². The summed E-state index contributed by atoms with van der Waals surface area (Å²) in [5, 5.41) is 11.9. The van der Waals surface area contributed by atoms with Crippen molar-refractivity contribution in [3.05, 3.63) is 83.4 Å². The molecule has 1 amide bonds. The molecule has 1 heterocycles. The molecular weight excluding hydrogens is 454 g/mol. The van der Waals surface area contributed by atoms with Gasteiger partial charge in [0.25, 0.3) is 0 Å². The van der Waals surface area contributed by atoms with Gasteiger partial charge in [0.2, 0.25) is 17.7 Å². The highest BCUT2D eigenvalue weighted by molar-refractivity contribution is 8.00. The van der Waals surface area contributed by atoms with Gasteiger partial charge in [-0.3, -0.25) is 4.79 Å². The Kier molecular flexibility index (Phi) is 6.86. The summed E-state index contributed by atoms with van der Waals surface area (Å²) >= 11 is 7.34. The molecule has 5 nitrogen and oxygen atoms in total. The second-order valence-electron chi connectivity index (χ2n) is 8.61. The number of amides is 1. The maximum absolute atomic E-state index is 12.3. The molecule has 0 radical (unpaired) electrons. The van der Waals surface area contributed by atoms with Crippen molar-refractivity contribution in [1.29, 1.82) is 0 Å². The number of carbonyl (C=O) groups is 1. The molecule has 7 heteroatoms. The number of aromatic nitrogens is 2. The van der Waals surface area contributed by atoms with Crippen LogP contribution in [0.15, 0.2) is 82.1 Å². The lowest BCUT2D eigenvalue weighted by atomic mass is 9.87. The number of nitrogens with one attached hydrogen (secondary N) is 1. The first-order valence-electron chi connectivity index (χ1n) is 10.5. The van der Waals surface area contributed by atoms with Gasteiger partial charge in [0.1, 0.15) is 0 Å². The lowest BCUT2D eigenvalue weighted by molar-refractivity contribution is -0.113. The van der Waals surface area contributed by atoms with Gasteiger partial charge in [-0.25, -0.2) is 0 Å². The SMILES string of the molecule is CC(C)(C)c1ccc(-c2nnc(-c3ccc(NC(=O)CSc4ccc(Cl)cc4)cc3)o2)cc1. The second-order valence-corrected chi connectivity index (χ2v) is 10.1. The molecule has 0 atom stereocenters. The molecule has 0 fully saturated rings. The van der Waals surface area contributed by atoms with E-state index in [1.165, 1.54) is 17.3 Å². The zero-order chi connectivity index (χ0) is 23.4. The Labute approximate surface area is 202 Å². The van der Waals surface area contributed by atoms with Crippen molar-refractivity contribution in [3.8, 4) is 22.9 Å². The van der Waals surface area contributed by atoms with E-state index in [0.29, 0.717) is 28.2 Å². The van der Waals surface area contributed by atoms with Crippen LogP contribution in [0.2, 0.25) is 5.02 Å². The number of carbonyl (C=O) groups excluding carboxylic acids is 1. The number of nitrogens with zero attached hydrogens (tertiary/aromatic N) is 2. The summed E-state index contributed by atoms with van der Waals surface area (Å²) < 4.78 is 5.88. The fourth-order valence-corrected chi connectivity index (χ4v) is 3.97. The first-order valence-corrected chi connectivity index (χ1v) is 11.9. The van der Waals surface area contributed by atoms with E-state index in [0.717, 1.165) is 16.0 Å². The topological polar surface area (TPSA) is 68.0 Å². The van der Waals surface area contributed by atoms with Gasteiger partial charge in [-0.1, -0.05) is 44.5 Å². The van der Waals surface area contributed by atoms with Gasteiger partial charge in [0.15, 0.2) is 0 Å². The minimum Gasteiger partial charge on any atom is -0.416 e. The van der Waals surface area contributed by atoms with E-state index in [4.69, 9.17) is 16.0 Å². The van der Waals surface area contributed by atoms with Gasteiger partial charge in [0, 0.05) is 26.7 Å². The number of hydrogen-bond donors (Lipinski definition) is 1. The third-order valence-electron chi connectivity index (χ3n) is 5.02. The van der Waals surface area contributed by atoms with Gasteiger partial charge in [0.05, 0.1) is 5.75 Å². The Morgan fingerprint density at radius 1 is 0.879 bits per heavy atom. The lowest BCUT2D eigenvalue weighted by Crippen LogP contribution is -2.13. The van der Waals surface area contributed by atoms with E-state index < -0.39 is 0 Å². The zero-order valence-electron chi connectivity index (χ0n) is 18.6. The summed E-state index contributed by atoms with van der Waals surface area (Å²) in [5.41, 5.74) is 3.70. The van der Waals surface area contributed by atoms with E-state index in [-0.39, 0.29) is 11.3 Å². The Bertz CT molecular complexity index is 1230. The minimum absolute atomic E-state index is 0.0820. The monoisotopic (exact) mass is 477 g/mol. The van der Waals surface area contributed by atoms with Crippen molar-refractivity contribution in [3.63, 3.8) is 0 Å². The molecule has 0 aliphatic heterocycles. The predicted molar refractivity (Wildman–Crippen MR) is 135 cm³/mol. The van der Waals surface area contributed by atoms with Crippen LogP contribution >= 0.6 is 23.4 Å². The molecule has 0 aliphatic carbocycles. The lowest BCUT2D eigenvalue weighted by Gasteiger charge is -2.18. The molecule has 1 N–H and O–H groups in total. The molecule has 1 aromatic heterocycles. The quantitative estimate of drug-likeness (QED) is 0.300. The van der Waals surface area contributed by atoms with Crippen LogP contribution in [0, 0.1) is 0 Å². The van der Waals surface area contributed by atoms with Crippen molar-refractivity contribution in [2.45, 2.75) is 31.1 Å². The van der Waals surface area contributed by atoms with Gasteiger partial charge in [-0.05, 0) is 71.6 Å². The van der Waals surface area contributed by atoms with E-state index in [1.54, 1.807) is 0 Å². The molecule has 0 saturated heterocycles. The van der Waals surface area contributed by atoms with Crippen molar-refractivity contribution in [2.75, 3.05) is 11.1 Å². The molecule has 0 spiro atoms. The molecule has 0 unspecified atom stereocenters. The molecule has 168 valence electrons. The predicted octanol–water partition coefficient (Wildman–Crippen LogP) is 7.09. The Balaban J connectivity index is 1.37. The standard InChI is InChI=1S/C26H24ClN3O2S/c1-26(2,3)19-8-4-17(5-9-19)24-29-30-25(32-24)18-6-12-21(13-7-18)28-23(31)16-33-22-14-10-20(27)11-15-22/h4-15H,16H2,1-3H3,(H,28,31). The third kappa shape index (κ3) is 6.03. The van der Waals surface area contributed by atoms with E-state index in [2.05, 4.69) is 48.4 Å². The maximum atomic E-state index is 12.3. The van der Waals surface area contributed by atoms with Crippen molar-refractivity contribution in [2.24, 2.45) is 0 Å².